The molecule has 0 aromatic heterocycles. The number of carbonyl (C=O) groups is 1. The molecule has 0 aliphatic heterocycles. The van der Waals surface area contributed by atoms with E-state index in [9.17, 15) is 4.79 Å². The van der Waals surface area contributed by atoms with Crippen molar-refractivity contribution in [2.45, 2.75) is 13.3 Å². The number of halogens is 1. The Balaban J connectivity index is 0.00000200. The van der Waals surface area contributed by atoms with Gasteiger partial charge in [-0.3, -0.25) is 4.79 Å². The number of rotatable bonds is 5. The molecule has 4 heteroatoms. The van der Waals surface area contributed by atoms with Crippen LogP contribution in [0, 0.1) is 5.92 Å². The van der Waals surface area contributed by atoms with Crippen LogP contribution < -0.4 is 11.1 Å². The number of nitrogens with one attached hydrogen (secondary N) is 1. The third-order valence-corrected chi connectivity index (χ3v) is 3.37. The lowest BCUT2D eigenvalue weighted by Crippen LogP contribution is -2.34. The Labute approximate surface area is 126 Å². The summed E-state index contributed by atoms with van der Waals surface area (Å²) in [4.78, 5) is 11.6. The van der Waals surface area contributed by atoms with Crippen molar-refractivity contribution in [1.82, 2.24) is 5.32 Å². The fourth-order valence-electron chi connectivity index (χ4n) is 2.11. The molecule has 3 N–H and O–H groups in total. The monoisotopic (exact) mass is 292 g/mol. The van der Waals surface area contributed by atoms with Crippen LogP contribution in [0.5, 0.6) is 0 Å². The molecule has 0 saturated heterocycles. The second-order valence-electron chi connectivity index (χ2n) is 4.82. The summed E-state index contributed by atoms with van der Waals surface area (Å²) in [5, 5.41) is 5.42. The lowest BCUT2D eigenvalue weighted by molar-refractivity contribution is -0.124. The molecule has 0 fully saturated rings. The zero-order valence-electron chi connectivity index (χ0n) is 11.6. The number of fused-ring (bicyclic) bond motifs is 1. The van der Waals surface area contributed by atoms with Gasteiger partial charge in [0.05, 0.1) is 0 Å². The second-order valence-corrected chi connectivity index (χ2v) is 4.82. The SMILES string of the molecule is CC(CN)C(=O)NCCc1cccc2ccccc12.Cl. The molecule has 2 aromatic carbocycles. The summed E-state index contributed by atoms with van der Waals surface area (Å²) in [6.07, 6.45) is 0.838. The van der Waals surface area contributed by atoms with E-state index in [2.05, 4.69) is 35.6 Å². The Bertz CT molecular complexity index is 566. The van der Waals surface area contributed by atoms with Gasteiger partial charge in [0, 0.05) is 19.0 Å². The molecule has 0 heterocycles. The molecule has 1 unspecified atom stereocenters. The minimum atomic E-state index is -0.118. The van der Waals surface area contributed by atoms with Crippen LogP contribution in [-0.2, 0) is 11.2 Å². The van der Waals surface area contributed by atoms with Crippen LogP contribution in [0.1, 0.15) is 12.5 Å². The van der Waals surface area contributed by atoms with Crippen molar-refractivity contribution in [1.29, 1.82) is 0 Å². The molecule has 0 bridgehead atoms. The molecule has 0 saturated carbocycles. The maximum absolute atomic E-state index is 11.6. The normalized spacial score (nSPS) is 11.7. The summed E-state index contributed by atoms with van der Waals surface area (Å²) < 4.78 is 0. The molecule has 3 nitrogen and oxygen atoms in total. The molecule has 20 heavy (non-hydrogen) atoms. The first-order valence-electron chi connectivity index (χ1n) is 6.67. The van der Waals surface area contributed by atoms with Crippen molar-refractivity contribution < 1.29 is 4.79 Å². The number of hydrogen-bond donors (Lipinski definition) is 2. The quantitative estimate of drug-likeness (QED) is 0.890. The van der Waals surface area contributed by atoms with Crippen LogP contribution in [0.2, 0.25) is 0 Å². The number of carbonyl (C=O) groups excluding carboxylic acids is 1. The van der Waals surface area contributed by atoms with Gasteiger partial charge in [0.2, 0.25) is 5.91 Å². The van der Waals surface area contributed by atoms with E-state index < -0.39 is 0 Å². The molecule has 0 spiro atoms. The molecule has 0 aliphatic carbocycles. The van der Waals surface area contributed by atoms with E-state index >= 15 is 0 Å². The van der Waals surface area contributed by atoms with Crippen molar-refractivity contribution in [3.05, 3.63) is 48.0 Å². The number of hydrogen-bond acceptors (Lipinski definition) is 2. The van der Waals surface area contributed by atoms with E-state index in [4.69, 9.17) is 5.73 Å². The Morgan fingerprint density at radius 2 is 1.90 bits per heavy atom. The zero-order chi connectivity index (χ0) is 13.7. The summed E-state index contributed by atoms with van der Waals surface area (Å²) in [6, 6.07) is 14.6. The minimum Gasteiger partial charge on any atom is -0.355 e. The van der Waals surface area contributed by atoms with E-state index in [-0.39, 0.29) is 24.2 Å². The standard InChI is InChI=1S/C16H20N2O.ClH/c1-12(11-17)16(19)18-10-9-14-7-4-6-13-5-2-3-8-15(13)14;/h2-8,12H,9-11,17H2,1H3,(H,18,19);1H. The topological polar surface area (TPSA) is 55.1 Å². The smallest absolute Gasteiger partial charge is 0.224 e. The maximum atomic E-state index is 11.6. The van der Waals surface area contributed by atoms with E-state index in [0.29, 0.717) is 13.1 Å². The highest BCUT2D eigenvalue weighted by Gasteiger charge is 2.09. The Kier molecular flexibility index (Phi) is 6.49. The summed E-state index contributed by atoms with van der Waals surface area (Å²) >= 11 is 0. The first-order chi connectivity index (χ1) is 9.22. The van der Waals surface area contributed by atoms with Crippen molar-refractivity contribution >= 4 is 29.1 Å². The molecule has 2 aromatic rings. The Morgan fingerprint density at radius 3 is 2.65 bits per heavy atom. The molecule has 0 radical (unpaired) electrons. The third kappa shape index (κ3) is 3.95. The molecule has 108 valence electrons. The highest BCUT2D eigenvalue weighted by Crippen LogP contribution is 2.18. The average Bonchev–Trinajstić information content (AvgIpc) is 2.46. The molecule has 1 atom stereocenters. The van der Waals surface area contributed by atoms with Crippen LogP contribution in [0.4, 0.5) is 0 Å². The largest absolute Gasteiger partial charge is 0.355 e. The van der Waals surface area contributed by atoms with E-state index in [1.807, 2.05) is 19.1 Å². The van der Waals surface area contributed by atoms with Gasteiger partial charge in [0.15, 0.2) is 0 Å². The highest BCUT2D eigenvalue weighted by molar-refractivity contribution is 5.86. The minimum absolute atomic E-state index is 0. The van der Waals surface area contributed by atoms with Gasteiger partial charge in [-0.25, -0.2) is 0 Å². The van der Waals surface area contributed by atoms with Gasteiger partial charge >= 0.3 is 0 Å². The van der Waals surface area contributed by atoms with E-state index in [0.717, 1.165) is 6.42 Å². The third-order valence-electron chi connectivity index (χ3n) is 3.37. The summed E-state index contributed by atoms with van der Waals surface area (Å²) in [5.41, 5.74) is 6.73. The number of amides is 1. The van der Waals surface area contributed by atoms with Crippen LogP contribution in [0.25, 0.3) is 10.8 Å². The van der Waals surface area contributed by atoms with Crippen LogP contribution in [0.15, 0.2) is 42.5 Å². The van der Waals surface area contributed by atoms with Crippen LogP contribution in [-0.4, -0.2) is 19.0 Å². The van der Waals surface area contributed by atoms with Crippen molar-refractivity contribution in [2.24, 2.45) is 11.7 Å². The van der Waals surface area contributed by atoms with Gasteiger partial charge < -0.3 is 11.1 Å². The average molecular weight is 293 g/mol. The fraction of sp³-hybridized carbons (Fsp3) is 0.312. The van der Waals surface area contributed by atoms with E-state index in [1.54, 1.807) is 0 Å². The van der Waals surface area contributed by atoms with Crippen molar-refractivity contribution in [3.63, 3.8) is 0 Å². The zero-order valence-corrected chi connectivity index (χ0v) is 12.5. The van der Waals surface area contributed by atoms with Gasteiger partial charge in [-0.2, -0.15) is 0 Å². The van der Waals surface area contributed by atoms with Crippen LogP contribution in [0.3, 0.4) is 0 Å². The van der Waals surface area contributed by atoms with Gasteiger partial charge in [-0.1, -0.05) is 49.4 Å². The number of benzene rings is 2. The molecular weight excluding hydrogens is 272 g/mol. The lowest BCUT2D eigenvalue weighted by atomic mass is 10.0. The number of nitrogens with two attached hydrogens (primary N) is 1. The summed E-state index contributed by atoms with van der Waals surface area (Å²) in [7, 11) is 0. The molecular formula is C16H21ClN2O. The highest BCUT2D eigenvalue weighted by atomic mass is 35.5. The molecule has 0 aliphatic rings. The van der Waals surface area contributed by atoms with E-state index in [1.165, 1.54) is 16.3 Å². The van der Waals surface area contributed by atoms with Gasteiger partial charge in [-0.05, 0) is 22.8 Å². The van der Waals surface area contributed by atoms with Crippen LogP contribution >= 0.6 is 12.4 Å². The predicted molar refractivity (Wildman–Crippen MR) is 86.1 cm³/mol. The Hall–Kier alpha value is -1.58. The first-order valence-corrected chi connectivity index (χ1v) is 6.67. The summed E-state index contributed by atoms with van der Waals surface area (Å²) in [6.45, 7) is 2.88. The summed E-state index contributed by atoms with van der Waals surface area (Å²) in [5.74, 6) is -0.0877. The van der Waals surface area contributed by atoms with Gasteiger partial charge in [0.25, 0.3) is 0 Å². The lowest BCUT2D eigenvalue weighted by Gasteiger charge is -2.11. The van der Waals surface area contributed by atoms with Gasteiger partial charge in [0.1, 0.15) is 0 Å². The first kappa shape index (κ1) is 16.5. The second kappa shape index (κ2) is 7.88. The van der Waals surface area contributed by atoms with Crippen molar-refractivity contribution in [3.8, 4) is 0 Å². The fourth-order valence-corrected chi connectivity index (χ4v) is 2.11. The van der Waals surface area contributed by atoms with Gasteiger partial charge in [-0.15, -0.1) is 12.4 Å². The van der Waals surface area contributed by atoms with Crippen molar-refractivity contribution in [2.75, 3.05) is 13.1 Å². The Morgan fingerprint density at radius 1 is 1.20 bits per heavy atom. The predicted octanol–water partition coefficient (Wildman–Crippen LogP) is 2.52. The molecule has 2 rings (SSSR count). The maximum Gasteiger partial charge on any atom is 0.224 e. The molecule has 1 amide bonds.